The number of carbonyl (C=O) groups excluding carboxylic acids is 1. The Balaban J connectivity index is 0.00000324. The third-order valence-corrected chi connectivity index (χ3v) is 3.05. The molecule has 1 atom stereocenters. The molecule has 106 valence electrons. The molecule has 1 rings (SSSR count). The number of amides is 1. The van der Waals surface area contributed by atoms with Crippen LogP contribution in [0.15, 0.2) is 0 Å². The number of carbonyl (C=O) groups is 2. The number of ether oxygens (including phenoxy) is 1. The van der Waals surface area contributed by atoms with Gasteiger partial charge < -0.3 is 15.2 Å². The number of carboxylic acid groups (broad SMARTS) is 1. The van der Waals surface area contributed by atoms with Crippen LogP contribution in [0, 0.1) is 5.92 Å². The van der Waals surface area contributed by atoms with Crippen molar-refractivity contribution >= 4 is 30.9 Å². The number of nitrogens with one attached hydrogen (secondary N) is 1. The van der Waals surface area contributed by atoms with Crippen molar-refractivity contribution in [2.24, 2.45) is 5.92 Å². The molecule has 0 bridgehead atoms. The molecule has 0 aromatic rings. The number of alkyl carbamates (subject to hydrolysis) is 1. The molecule has 1 aliphatic rings. The van der Waals surface area contributed by atoms with Crippen LogP contribution in [0.5, 0.6) is 0 Å². The van der Waals surface area contributed by atoms with Gasteiger partial charge in [0.2, 0.25) is 0 Å². The average Bonchev–Trinajstić information content (AvgIpc) is 2.78. The van der Waals surface area contributed by atoms with Gasteiger partial charge in [0.15, 0.2) is 0 Å². The number of carboxylic acids is 1. The molecule has 0 radical (unpaired) electrons. The molecule has 0 aromatic carbocycles. The first-order chi connectivity index (χ1) is 8.50. The number of rotatable bonds is 6. The first-order valence-electron chi connectivity index (χ1n) is 6.39. The van der Waals surface area contributed by atoms with Crippen LogP contribution in [0.1, 0.15) is 26.7 Å². The second-order valence-corrected chi connectivity index (χ2v) is 4.89. The van der Waals surface area contributed by atoms with Crippen molar-refractivity contribution in [3.05, 3.63) is 0 Å². The number of nitrogens with zero attached hydrogens (tertiary/aromatic N) is 1. The van der Waals surface area contributed by atoms with Crippen molar-refractivity contribution in [1.82, 2.24) is 10.2 Å². The fourth-order valence-electron chi connectivity index (χ4n) is 1.96. The van der Waals surface area contributed by atoms with Gasteiger partial charge in [-0.15, -0.1) is 0 Å². The van der Waals surface area contributed by atoms with E-state index < -0.39 is 18.1 Å². The van der Waals surface area contributed by atoms with Crippen LogP contribution in [0.2, 0.25) is 0 Å². The van der Waals surface area contributed by atoms with Crippen LogP contribution in [-0.4, -0.2) is 73.2 Å². The van der Waals surface area contributed by atoms with Crippen molar-refractivity contribution in [2.75, 3.05) is 26.2 Å². The van der Waals surface area contributed by atoms with E-state index >= 15 is 0 Å². The summed E-state index contributed by atoms with van der Waals surface area (Å²) in [6.07, 6.45) is 1.73. The second-order valence-electron chi connectivity index (χ2n) is 4.89. The topological polar surface area (TPSA) is 78.9 Å². The standard InChI is InChI=1S/C12H22N2O4.Li.H/c1-9(2)10(11(15)16)13-12(17)18-8-7-14-5-3-4-6-14;;/h9-10H,3-8H2,1-2H3,(H,13,17)(H,15,16);;. The molecule has 1 amide bonds. The average molecular weight is 266 g/mol. The molecular formula is C12H23LiN2O4. The van der Waals surface area contributed by atoms with Crippen molar-refractivity contribution in [3.8, 4) is 0 Å². The number of hydrogen-bond donors (Lipinski definition) is 2. The zero-order chi connectivity index (χ0) is 13.5. The van der Waals surface area contributed by atoms with E-state index in [1.165, 1.54) is 12.8 Å². The van der Waals surface area contributed by atoms with Crippen LogP contribution < -0.4 is 5.32 Å². The molecule has 0 spiro atoms. The molecule has 2 N–H and O–H groups in total. The van der Waals surface area contributed by atoms with E-state index in [1.54, 1.807) is 13.8 Å². The summed E-state index contributed by atoms with van der Waals surface area (Å²) in [5.41, 5.74) is 0. The number of hydrogen-bond acceptors (Lipinski definition) is 4. The Hall–Kier alpha value is -0.703. The van der Waals surface area contributed by atoms with Crippen LogP contribution >= 0.6 is 0 Å². The molecule has 7 heteroatoms. The fraction of sp³-hybridized carbons (Fsp3) is 0.833. The summed E-state index contributed by atoms with van der Waals surface area (Å²) in [7, 11) is 0. The maximum absolute atomic E-state index is 11.4. The molecule has 0 aromatic heterocycles. The Morgan fingerprint density at radius 1 is 1.32 bits per heavy atom. The second kappa shape index (κ2) is 9.24. The molecule has 1 aliphatic heterocycles. The number of likely N-dealkylation sites (tertiary alicyclic amines) is 1. The van der Waals surface area contributed by atoms with E-state index in [9.17, 15) is 9.59 Å². The van der Waals surface area contributed by atoms with Gasteiger partial charge in [0.05, 0.1) is 0 Å². The molecule has 0 aliphatic carbocycles. The Morgan fingerprint density at radius 2 is 1.89 bits per heavy atom. The molecule has 1 unspecified atom stereocenters. The molecule has 1 saturated heterocycles. The minimum atomic E-state index is -1.04. The fourth-order valence-corrected chi connectivity index (χ4v) is 1.96. The van der Waals surface area contributed by atoms with Gasteiger partial charge in [-0.05, 0) is 31.8 Å². The van der Waals surface area contributed by atoms with E-state index in [1.807, 2.05) is 0 Å². The van der Waals surface area contributed by atoms with Gasteiger partial charge in [-0.25, -0.2) is 9.59 Å². The van der Waals surface area contributed by atoms with Gasteiger partial charge in [-0.3, -0.25) is 4.90 Å². The van der Waals surface area contributed by atoms with E-state index in [4.69, 9.17) is 9.84 Å². The molecule has 6 nitrogen and oxygen atoms in total. The predicted molar refractivity (Wildman–Crippen MR) is 73.6 cm³/mol. The van der Waals surface area contributed by atoms with Gasteiger partial charge in [-0.2, -0.15) is 0 Å². The third-order valence-electron chi connectivity index (χ3n) is 3.05. The Bertz CT molecular complexity index is 293. The van der Waals surface area contributed by atoms with Crippen molar-refractivity contribution in [2.45, 2.75) is 32.7 Å². The minimum absolute atomic E-state index is 0. The van der Waals surface area contributed by atoms with E-state index in [-0.39, 0.29) is 24.8 Å². The Morgan fingerprint density at radius 3 is 2.37 bits per heavy atom. The molecule has 1 heterocycles. The van der Waals surface area contributed by atoms with Crippen LogP contribution in [-0.2, 0) is 9.53 Å². The normalized spacial score (nSPS) is 16.8. The van der Waals surface area contributed by atoms with Crippen molar-refractivity contribution in [3.63, 3.8) is 0 Å². The summed E-state index contributed by atoms with van der Waals surface area (Å²) < 4.78 is 4.98. The zero-order valence-electron chi connectivity index (χ0n) is 11.0. The van der Waals surface area contributed by atoms with Gasteiger partial charge in [0.1, 0.15) is 12.6 Å². The third kappa shape index (κ3) is 6.86. The summed E-state index contributed by atoms with van der Waals surface area (Å²) in [4.78, 5) is 24.5. The van der Waals surface area contributed by atoms with Gasteiger partial charge >= 0.3 is 30.9 Å². The molecular weight excluding hydrogens is 243 g/mol. The Labute approximate surface area is 126 Å². The summed E-state index contributed by atoms with van der Waals surface area (Å²) in [5.74, 6) is -1.21. The quantitative estimate of drug-likeness (QED) is 0.675. The molecule has 19 heavy (non-hydrogen) atoms. The molecule has 1 fully saturated rings. The van der Waals surface area contributed by atoms with Crippen LogP contribution in [0.3, 0.4) is 0 Å². The zero-order valence-corrected chi connectivity index (χ0v) is 11.0. The monoisotopic (exact) mass is 266 g/mol. The summed E-state index contributed by atoms with van der Waals surface area (Å²) >= 11 is 0. The molecule has 0 saturated carbocycles. The van der Waals surface area contributed by atoms with Crippen LogP contribution in [0.25, 0.3) is 0 Å². The summed E-state index contributed by atoms with van der Waals surface area (Å²) in [5, 5.41) is 11.3. The maximum atomic E-state index is 11.4. The number of aliphatic carboxylic acids is 1. The van der Waals surface area contributed by atoms with Gasteiger partial charge in [-0.1, -0.05) is 13.8 Å². The predicted octanol–water partition coefficient (Wildman–Crippen LogP) is 0.269. The first kappa shape index (κ1) is 18.3. The first-order valence-corrected chi connectivity index (χ1v) is 6.39. The van der Waals surface area contributed by atoms with E-state index in [0.717, 1.165) is 13.1 Å². The van der Waals surface area contributed by atoms with Crippen molar-refractivity contribution in [1.29, 1.82) is 0 Å². The van der Waals surface area contributed by atoms with Gasteiger partial charge in [0.25, 0.3) is 0 Å². The SMILES string of the molecule is CC(C)C(NC(=O)OCCN1CCCC1)C(=O)O.[LiH]. The van der Waals surface area contributed by atoms with Crippen molar-refractivity contribution < 1.29 is 19.4 Å². The summed E-state index contributed by atoms with van der Waals surface area (Å²) in [6, 6.07) is -0.899. The van der Waals surface area contributed by atoms with E-state index in [2.05, 4.69) is 10.2 Å². The Kier molecular flexibility index (Phi) is 8.90. The van der Waals surface area contributed by atoms with Gasteiger partial charge in [0, 0.05) is 6.54 Å². The van der Waals surface area contributed by atoms with E-state index in [0.29, 0.717) is 13.2 Å². The summed E-state index contributed by atoms with van der Waals surface area (Å²) in [6.45, 7) is 6.60. The van der Waals surface area contributed by atoms with Crippen LogP contribution in [0.4, 0.5) is 4.79 Å².